The Kier molecular flexibility index (Phi) is 10.8. The van der Waals surface area contributed by atoms with Gasteiger partial charge >= 0.3 is 0 Å². The number of quaternary nitrogens is 1. The van der Waals surface area contributed by atoms with E-state index < -0.39 is 4.90 Å². The van der Waals surface area contributed by atoms with Crippen molar-refractivity contribution < 1.29 is 10.6 Å². The Morgan fingerprint density at radius 2 is 1.73 bits per heavy atom. The minimum atomic E-state index is -0.417. The van der Waals surface area contributed by atoms with Gasteiger partial charge < -0.3 is 16.1 Å². The average Bonchev–Trinajstić information content (AvgIpc) is 1.90. The summed E-state index contributed by atoms with van der Waals surface area (Å²) in [5, 5.41) is 18.9. The normalized spacial score (nSPS) is 8.00. The van der Waals surface area contributed by atoms with Crippen molar-refractivity contribution in [2.24, 2.45) is 0 Å². The lowest BCUT2D eigenvalue weighted by atomic mass is 10.3. The van der Waals surface area contributed by atoms with E-state index in [1.165, 1.54) is 26.7 Å². The van der Waals surface area contributed by atoms with Crippen LogP contribution < -0.4 is 5.73 Å². The van der Waals surface area contributed by atoms with Crippen molar-refractivity contribution >= 4 is 5.71 Å². The lowest BCUT2D eigenvalue weighted by Crippen LogP contribution is -2.49. The highest BCUT2D eigenvalue weighted by Gasteiger charge is 1.77. The number of rotatable bonds is 2. The minimum absolute atomic E-state index is 0.231. The van der Waals surface area contributed by atoms with Gasteiger partial charge in [0.2, 0.25) is 0 Å². The maximum Gasteiger partial charge on any atom is 0.169 e. The van der Waals surface area contributed by atoms with Gasteiger partial charge in [0.1, 0.15) is 0 Å². The first kappa shape index (κ1) is 12.9. The van der Waals surface area contributed by atoms with E-state index in [4.69, 9.17) is 0 Å². The molecule has 4 nitrogen and oxygen atoms in total. The molecule has 4 heteroatoms. The molecule has 3 N–H and O–H groups in total. The standard InChI is InChI=1S/C4H11N.C3H6NO2/c1-2-3-4-5;1-3(2)4(5)6/h2-5H2,1H3;1-2H3/q;-1/p+1. The smallest absolute Gasteiger partial charge is 0.169 e. The molecule has 0 unspecified atom stereocenters. The van der Waals surface area contributed by atoms with Crippen LogP contribution in [0.15, 0.2) is 0 Å². The summed E-state index contributed by atoms with van der Waals surface area (Å²) in [5.74, 6) is 0. The van der Waals surface area contributed by atoms with Gasteiger partial charge in [0.15, 0.2) is 5.71 Å². The van der Waals surface area contributed by atoms with Crippen LogP contribution in [0.25, 0.3) is 0 Å². The van der Waals surface area contributed by atoms with Crippen LogP contribution in [0.3, 0.4) is 0 Å². The molecule has 0 bridgehead atoms. The Morgan fingerprint density at radius 1 is 1.36 bits per heavy atom. The molecule has 0 atom stereocenters. The first-order valence-corrected chi connectivity index (χ1v) is 3.80. The van der Waals surface area contributed by atoms with E-state index in [0.29, 0.717) is 0 Å². The molecule has 0 aliphatic heterocycles. The summed E-state index contributed by atoms with van der Waals surface area (Å²) < 4.78 is 0. The van der Waals surface area contributed by atoms with Gasteiger partial charge in [-0.1, -0.05) is 13.3 Å². The zero-order chi connectivity index (χ0) is 9.28. The van der Waals surface area contributed by atoms with Crippen molar-refractivity contribution in [2.75, 3.05) is 6.54 Å². The second kappa shape index (κ2) is 9.23. The number of nitrogens with zero attached hydrogens (tertiary/aromatic N) is 1. The molecule has 0 aliphatic rings. The highest BCUT2D eigenvalue weighted by Crippen LogP contribution is 1.75. The van der Waals surface area contributed by atoms with Crippen molar-refractivity contribution in [3.63, 3.8) is 0 Å². The lowest BCUT2D eigenvalue weighted by molar-refractivity contribution is -0.380. The van der Waals surface area contributed by atoms with E-state index in [1.54, 1.807) is 0 Å². The average molecular weight is 162 g/mol. The van der Waals surface area contributed by atoms with E-state index in [9.17, 15) is 10.4 Å². The van der Waals surface area contributed by atoms with Crippen LogP contribution in [-0.4, -0.2) is 17.2 Å². The van der Waals surface area contributed by atoms with E-state index in [1.807, 2.05) is 0 Å². The fourth-order valence-electron chi connectivity index (χ4n) is 0.250. The number of unbranched alkanes of at least 4 members (excludes halogenated alkanes) is 1. The molecule has 0 saturated heterocycles. The second-order valence-electron chi connectivity index (χ2n) is 2.41. The fourth-order valence-corrected chi connectivity index (χ4v) is 0.250. The van der Waals surface area contributed by atoms with Crippen LogP contribution in [0.5, 0.6) is 0 Å². The summed E-state index contributed by atoms with van der Waals surface area (Å²) in [7, 11) is 0. The summed E-state index contributed by atoms with van der Waals surface area (Å²) >= 11 is 0. The highest BCUT2D eigenvalue weighted by atomic mass is 16.8. The Morgan fingerprint density at radius 3 is 1.73 bits per heavy atom. The van der Waals surface area contributed by atoms with Gasteiger partial charge in [-0.3, -0.25) is 0 Å². The molecule has 0 aromatic carbocycles. The largest absolute Gasteiger partial charge is 0.612 e. The number of hydrogen-bond donors (Lipinski definition) is 1. The van der Waals surface area contributed by atoms with Gasteiger partial charge in [-0.15, -0.1) is 0 Å². The molecule has 0 fully saturated rings. The van der Waals surface area contributed by atoms with Crippen LogP contribution in [0.1, 0.15) is 33.6 Å². The molecule has 0 radical (unpaired) electrons. The van der Waals surface area contributed by atoms with Crippen LogP contribution in [0, 0.1) is 10.4 Å². The van der Waals surface area contributed by atoms with E-state index in [-0.39, 0.29) is 5.71 Å². The SMILES string of the molecule is CC(C)=[N+]([O-])[O-].CCCC[NH3+]. The van der Waals surface area contributed by atoms with Crippen molar-refractivity contribution in [1.29, 1.82) is 0 Å². The molecule has 0 heterocycles. The maximum absolute atomic E-state index is 9.47. The summed E-state index contributed by atoms with van der Waals surface area (Å²) in [6.45, 7) is 6.18. The molecule has 0 amide bonds. The molecule has 68 valence electrons. The Labute approximate surface area is 67.9 Å². The van der Waals surface area contributed by atoms with E-state index in [0.717, 1.165) is 6.54 Å². The van der Waals surface area contributed by atoms with Crippen LogP contribution in [-0.2, 0) is 0 Å². The summed E-state index contributed by atoms with van der Waals surface area (Å²) in [6, 6.07) is 0. The quantitative estimate of drug-likeness (QED) is 0.364. The molecule has 0 aliphatic carbocycles. The van der Waals surface area contributed by atoms with Gasteiger partial charge in [0.25, 0.3) is 0 Å². The lowest BCUT2D eigenvalue weighted by Gasteiger charge is -2.02. The zero-order valence-corrected chi connectivity index (χ0v) is 7.59. The fraction of sp³-hybridized carbons (Fsp3) is 0.857. The summed E-state index contributed by atoms with van der Waals surface area (Å²) in [6.07, 6.45) is 2.56. The van der Waals surface area contributed by atoms with Crippen molar-refractivity contribution in [3.8, 4) is 0 Å². The molecule has 0 rings (SSSR count). The van der Waals surface area contributed by atoms with Gasteiger partial charge in [-0.2, -0.15) is 4.90 Å². The van der Waals surface area contributed by atoms with Crippen LogP contribution in [0.4, 0.5) is 0 Å². The Balaban J connectivity index is 0. The molecule has 0 spiro atoms. The van der Waals surface area contributed by atoms with Crippen LogP contribution in [0.2, 0.25) is 0 Å². The van der Waals surface area contributed by atoms with Crippen molar-refractivity contribution in [1.82, 2.24) is 0 Å². The summed E-state index contributed by atoms with van der Waals surface area (Å²) in [5.41, 5.74) is 3.91. The minimum Gasteiger partial charge on any atom is -0.612 e. The number of hydrogen-bond acceptors (Lipinski definition) is 2. The van der Waals surface area contributed by atoms with Gasteiger partial charge in [0, 0.05) is 13.8 Å². The van der Waals surface area contributed by atoms with E-state index in [2.05, 4.69) is 12.7 Å². The first-order valence-electron chi connectivity index (χ1n) is 3.80. The Hall–Kier alpha value is -0.770. The first-order chi connectivity index (χ1) is 5.06. The summed E-state index contributed by atoms with van der Waals surface area (Å²) in [4.78, 5) is -0.417. The third kappa shape index (κ3) is 17.6. The van der Waals surface area contributed by atoms with Crippen LogP contribution >= 0.6 is 0 Å². The molecule has 0 aromatic rings. The third-order valence-electron chi connectivity index (χ3n) is 0.969. The van der Waals surface area contributed by atoms with E-state index >= 15 is 0 Å². The Bertz CT molecular complexity index is 93.0. The molecule has 11 heavy (non-hydrogen) atoms. The van der Waals surface area contributed by atoms with Gasteiger partial charge in [-0.25, -0.2) is 0 Å². The van der Waals surface area contributed by atoms with Gasteiger partial charge in [0.05, 0.1) is 6.54 Å². The third-order valence-corrected chi connectivity index (χ3v) is 0.969. The molecular formula is C7H18N2O2. The topological polar surface area (TPSA) is 76.8 Å². The monoisotopic (exact) mass is 162 g/mol. The predicted molar refractivity (Wildman–Crippen MR) is 46.0 cm³/mol. The van der Waals surface area contributed by atoms with Crippen molar-refractivity contribution in [3.05, 3.63) is 10.4 Å². The molecular weight excluding hydrogens is 144 g/mol. The zero-order valence-electron chi connectivity index (χ0n) is 7.59. The maximum atomic E-state index is 9.47. The predicted octanol–water partition coefficient (Wildman–Crippen LogP) is 0.504. The van der Waals surface area contributed by atoms with Crippen molar-refractivity contribution in [2.45, 2.75) is 33.6 Å². The molecule has 0 aromatic heterocycles. The van der Waals surface area contributed by atoms with Gasteiger partial charge in [-0.05, 0) is 6.42 Å². The second-order valence-corrected chi connectivity index (χ2v) is 2.41. The highest BCUT2D eigenvalue weighted by molar-refractivity contribution is 5.73. The molecule has 0 saturated carbocycles.